The van der Waals surface area contributed by atoms with E-state index in [2.05, 4.69) is 6.07 Å². The fraction of sp³-hybridized carbons (Fsp3) is 0.500. The Morgan fingerprint density at radius 2 is 1.95 bits per heavy atom. The zero-order valence-corrected chi connectivity index (χ0v) is 12.7. The van der Waals surface area contributed by atoms with Crippen molar-refractivity contribution in [2.75, 3.05) is 27.3 Å². The Labute approximate surface area is 125 Å². The van der Waals surface area contributed by atoms with Gasteiger partial charge in [-0.05, 0) is 31.9 Å². The van der Waals surface area contributed by atoms with E-state index < -0.39 is 0 Å². The Hall–Kier alpha value is -2.22. The average Bonchev–Trinajstić information content (AvgIpc) is 2.54. The molecule has 0 saturated carbocycles. The number of nitrogens with zero attached hydrogens (tertiary/aromatic N) is 2. The van der Waals surface area contributed by atoms with E-state index in [1.807, 2.05) is 6.92 Å². The van der Waals surface area contributed by atoms with Gasteiger partial charge >= 0.3 is 0 Å². The number of piperidine rings is 1. The molecule has 0 spiro atoms. The molecule has 1 aromatic carbocycles. The van der Waals surface area contributed by atoms with Gasteiger partial charge in [-0.2, -0.15) is 5.26 Å². The van der Waals surface area contributed by atoms with E-state index in [1.54, 1.807) is 30.2 Å². The van der Waals surface area contributed by atoms with Gasteiger partial charge in [-0.3, -0.25) is 4.79 Å². The van der Waals surface area contributed by atoms with Gasteiger partial charge in [0.25, 0.3) is 5.91 Å². The summed E-state index contributed by atoms with van der Waals surface area (Å²) in [6.07, 6.45) is 1.39. The Kier molecular flexibility index (Phi) is 4.37. The molecule has 1 aromatic rings. The van der Waals surface area contributed by atoms with Crippen LogP contribution in [-0.4, -0.2) is 38.1 Å². The van der Waals surface area contributed by atoms with E-state index in [0.29, 0.717) is 43.0 Å². The van der Waals surface area contributed by atoms with Crippen LogP contribution in [-0.2, 0) is 0 Å². The van der Waals surface area contributed by atoms with Crippen molar-refractivity contribution >= 4 is 5.91 Å². The molecule has 0 aliphatic carbocycles. The van der Waals surface area contributed by atoms with Crippen LogP contribution in [0.4, 0.5) is 0 Å². The van der Waals surface area contributed by atoms with Gasteiger partial charge in [-0.15, -0.1) is 0 Å². The van der Waals surface area contributed by atoms with E-state index in [0.717, 1.165) is 0 Å². The van der Waals surface area contributed by atoms with Crippen molar-refractivity contribution in [3.63, 3.8) is 0 Å². The predicted octanol–water partition coefficient (Wildman–Crippen LogP) is 2.47. The minimum Gasteiger partial charge on any atom is -0.493 e. The first-order valence-electron chi connectivity index (χ1n) is 6.96. The number of hydrogen-bond acceptors (Lipinski definition) is 4. The molecule has 0 atom stereocenters. The number of nitriles is 1. The monoisotopic (exact) mass is 288 g/mol. The molecular weight excluding hydrogens is 268 g/mol. The highest BCUT2D eigenvalue weighted by molar-refractivity contribution is 5.97. The second kappa shape index (κ2) is 6.04. The van der Waals surface area contributed by atoms with Gasteiger partial charge in [0.2, 0.25) is 0 Å². The molecule has 0 radical (unpaired) electrons. The molecule has 0 aromatic heterocycles. The fourth-order valence-electron chi connectivity index (χ4n) is 2.54. The largest absolute Gasteiger partial charge is 0.493 e. The highest BCUT2D eigenvalue weighted by Crippen LogP contribution is 2.34. The first-order valence-corrected chi connectivity index (χ1v) is 6.96. The van der Waals surface area contributed by atoms with Crippen LogP contribution >= 0.6 is 0 Å². The van der Waals surface area contributed by atoms with Crippen molar-refractivity contribution in [2.45, 2.75) is 19.8 Å². The molecular formula is C16H20N2O3. The molecule has 5 heteroatoms. The Morgan fingerprint density at radius 1 is 1.29 bits per heavy atom. The number of hydrogen-bond donors (Lipinski definition) is 0. The van der Waals surface area contributed by atoms with E-state index in [-0.39, 0.29) is 11.3 Å². The van der Waals surface area contributed by atoms with Crippen LogP contribution in [0.3, 0.4) is 0 Å². The van der Waals surface area contributed by atoms with Crippen LogP contribution in [0.2, 0.25) is 0 Å². The van der Waals surface area contributed by atoms with E-state index in [9.17, 15) is 4.79 Å². The molecule has 0 bridgehead atoms. The molecule has 112 valence electrons. The SMILES string of the molecule is COc1cccc(C(=O)N2CCC(C)(C#N)CC2)c1OC. The maximum Gasteiger partial charge on any atom is 0.257 e. The number of ether oxygens (including phenoxy) is 2. The third-order valence-corrected chi connectivity index (χ3v) is 4.06. The van der Waals surface area contributed by atoms with Crippen LogP contribution in [0.1, 0.15) is 30.1 Å². The topological polar surface area (TPSA) is 62.6 Å². The Morgan fingerprint density at radius 3 is 2.48 bits per heavy atom. The van der Waals surface area contributed by atoms with Crippen molar-refractivity contribution in [3.8, 4) is 17.6 Å². The van der Waals surface area contributed by atoms with Gasteiger partial charge in [0, 0.05) is 13.1 Å². The van der Waals surface area contributed by atoms with Gasteiger partial charge in [0.05, 0.1) is 31.3 Å². The first kappa shape index (κ1) is 15.2. The van der Waals surface area contributed by atoms with Crippen molar-refractivity contribution < 1.29 is 14.3 Å². The molecule has 1 heterocycles. The number of benzene rings is 1. The molecule has 2 rings (SSSR count). The van der Waals surface area contributed by atoms with Crippen molar-refractivity contribution in [3.05, 3.63) is 23.8 Å². The molecule has 0 unspecified atom stereocenters. The zero-order chi connectivity index (χ0) is 15.5. The quantitative estimate of drug-likeness (QED) is 0.857. The van der Waals surface area contributed by atoms with Crippen molar-refractivity contribution in [2.24, 2.45) is 5.41 Å². The smallest absolute Gasteiger partial charge is 0.257 e. The highest BCUT2D eigenvalue weighted by Gasteiger charge is 2.33. The molecule has 21 heavy (non-hydrogen) atoms. The molecule has 1 amide bonds. The number of likely N-dealkylation sites (tertiary alicyclic amines) is 1. The highest BCUT2D eigenvalue weighted by atomic mass is 16.5. The summed E-state index contributed by atoms with van der Waals surface area (Å²) in [5.74, 6) is 0.923. The van der Waals surface area contributed by atoms with Crippen LogP contribution in [0.5, 0.6) is 11.5 Å². The van der Waals surface area contributed by atoms with E-state index in [4.69, 9.17) is 14.7 Å². The molecule has 0 N–H and O–H groups in total. The van der Waals surface area contributed by atoms with Gasteiger partial charge in [-0.1, -0.05) is 6.07 Å². The first-order chi connectivity index (χ1) is 10.0. The van der Waals surface area contributed by atoms with Gasteiger partial charge in [-0.25, -0.2) is 0 Å². The third kappa shape index (κ3) is 2.94. The molecule has 1 fully saturated rings. The van der Waals surface area contributed by atoms with E-state index in [1.165, 1.54) is 7.11 Å². The summed E-state index contributed by atoms with van der Waals surface area (Å²) in [6.45, 7) is 3.12. The van der Waals surface area contributed by atoms with Gasteiger partial charge < -0.3 is 14.4 Å². The predicted molar refractivity (Wildman–Crippen MR) is 78.4 cm³/mol. The fourth-order valence-corrected chi connectivity index (χ4v) is 2.54. The third-order valence-electron chi connectivity index (χ3n) is 4.06. The second-order valence-electron chi connectivity index (χ2n) is 5.51. The normalized spacial score (nSPS) is 17.0. The summed E-state index contributed by atoms with van der Waals surface area (Å²) in [4.78, 5) is 14.4. The van der Waals surface area contributed by atoms with Gasteiger partial charge in [0.15, 0.2) is 11.5 Å². The maximum absolute atomic E-state index is 12.7. The van der Waals surface area contributed by atoms with Crippen molar-refractivity contribution in [1.29, 1.82) is 5.26 Å². The summed E-state index contributed by atoms with van der Waals surface area (Å²) in [7, 11) is 3.07. The van der Waals surface area contributed by atoms with Crippen LogP contribution in [0.15, 0.2) is 18.2 Å². The lowest BCUT2D eigenvalue weighted by Crippen LogP contribution is -2.41. The maximum atomic E-state index is 12.7. The lowest BCUT2D eigenvalue weighted by Gasteiger charge is -2.35. The minimum atomic E-state index is -0.324. The minimum absolute atomic E-state index is 0.0780. The van der Waals surface area contributed by atoms with E-state index >= 15 is 0 Å². The van der Waals surface area contributed by atoms with Gasteiger partial charge in [0.1, 0.15) is 0 Å². The number of amides is 1. The molecule has 1 aliphatic rings. The van der Waals surface area contributed by atoms with Crippen molar-refractivity contribution in [1.82, 2.24) is 4.90 Å². The number of para-hydroxylation sites is 1. The number of rotatable bonds is 3. The standard InChI is InChI=1S/C16H20N2O3/c1-16(11-17)7-9-18(10-8-16)15(19)12-5-4-6-13(20-2)14(12)21-3/h4-6H,7-10H2,1-3H3. The molecule has 1 aliphatic heterocycles. The molecule has 1 saturated heterocycles. The lowest BCUT2D eigenvalue weighted by atomic mass is 9.82. The number of carbonyl (C=O) groups excluding carboxylic acids is 1. The second-order valence-corrected chi connectivity index (χ2v) is 5.51. The summed E-state index contributed by atoms with van der Waals surface area (Å²) in [5, 5.41) is 9.15. The van der Waals surface area contributed by atoms with Crippen LogP contribution in [0, 0.1) is 16.7 Å². The Balaban J connectivity index is 2.21. The Bertz CT molecular complexity index is 569. The number of methoxy groups -OCH3 is 2. The summed E-state index contributed by atoms with van der Waals surface area (Å²) >= 11 is 0. The summed E-state index contributed by atoms with van der Waals surface area (Å²) in [6, 6.07) is 7.61. The molecule has 5 nitrogen and oxygen atoms in total. The summed E-state index contributed by atoms with van der Waals surface area (Å²) < 4.78 is 10.5. The van der Waals surface area contributed by atoms with Crippen LogP contribution in [0.25, 0.3) is 0 Å². The number of carbonyl (C=O) groups is 1. The lowest BCUT2D eigenvalue weighted by molar-refractivity contribution is 0.0658. The summed E-state index contributed by atoms with van der Waals surface area (Å²) in [5.41, 5.74) is 0.173. The zero-order valence-electron chi connectivity index (χ0n) is 12.7. The van der Waals surface area contributed by atoms with Crippen LogP contribution < -0.4 is 9.47 Å². The average molecular weight is 288 g/mol.